The third-order valence-electron chi connectivity index (χ3n) is 4.23. The average molecular weight is 346 g/mol. The van der Waals surface area contributed by atoms with Crippen LogP contribution in [0.4, 0.5) is 0 Å². The molecule has 140 valence electrons. The molecule has 0 atom stereocenters. The molecule has 0 unspecified atom stereocenters. The van der Waals surface area contributed by atoms with E-state index in [1.807, 2.05) is 13.0 Å². The molecule has 1 rings (SSSR count). The summed E-state index contributed by atoms with van der Waals surface area (Å²) in [7, 11) is 0. The monoisotopic (exact) mass is 345 g/mol. The van der Waals surface area contributed by atoms with E-state index in [0.29, 0.717) is 11.7 Å². The van der Waals surface area contributed by atoms with Crippen LogP contribution in [0.2, 0.25) is 0 Å². The summed E-state index contributed by atoms with van der Waals surface area (Å²) >= 11 is 0. The molecule has 0 bridgehead atoms. The zero-order chi connectivity index (χ0) is 18.2. The molecular formula is C22H35NO2. The number of carbonyl (C=O) groups is 1. The minimum absolute atomic E-state index is 0.460. The van der Waals surface area contributed by atoms with Crippen LogP contribution in [-0.2, 0) is 4.79 Å². The van der Waals surface area contributed by atoms with E-state index in [0.717, 1.165) is 50.6 Å². The van der Waals surface area contributed by atoms with Crippen molar-refractivity contribution in [2.24, 2.45) is 0 Å². The summed E-state index contributed by atoms with van der Waals surface area (Å²) in [5.74, 6) is 1.17. The molecule has 0 aliphatic carbocycles. The second kappa shape index (κ2) is 14.7. The molecule has 0 radical (unpaired) electrons. The zero-order valence-electron chi connectivity index (χ0n) is 16.1. The van der Waals surface area contributed by atoms with Crippen molar-refractivity contribution < 1.29 is 9.21 Å². The highest BCUT2D eigenvalue weighted by molar-refractivity contribution is 5.78. The number of allylic oxidation sites excluding steroid dienone is 3. The highest BCUT2D eigenvalue weighted by Crippen LogP contribution is 2.10. The van der Waals surface area contributed by atoms with Crippen LogP contribution < -0.4 is 0 Å². The van der Waals surface area contributed by atoms with Crippen LogP contribution in [0.15, 0.2) is 28.9 Å². The number of carbonyl (C=O) groups excluding carboxylic acids is 1. The SMILES string of the molecule is CCCCCC(=O)CCCCCCC=CCCC=Cc1coc(C)n1. The van der Waals surface area contributed by atoms with Crippen molar-refractivity contribution in [1.82, 2.24) is 4.98 Å². The van der Waals surface area contributed by atoms with Gasteiger partial charge in [0.1, 0.15) is 17.7 Å². The van der Waals surface area contributed by atoms with Crippen LogP contribution in [0.1, 0.15) is 95.6 Å². The lowest BCUT2D eigenvalue weighted by atomic mass is 10.0. The van der Waals surface area contributed by atoms with Gasteiger partial charge in [-0.3, -0.25) is 4.79 Å². The summed E-state index contributed by atoms with van der Waals surface area (Å²) in [5.41, 5.74) is 0.894. The van der Waals surface area contributed by atoms with E-state index in [2.05, 4.69) is 30.1 Å². The zero-order valence-corrected chi connectivity index (χ0v) is 16.1. The fourth-order valence-electron chi connectivity index (χ4n) is 2.72. The Hall–Kier alpha value is -1.64. The van der Waals surface area contributed by atoms with Crippen molar-refractivity contribution in [3.8, 4) is 0 Å². The minimum atomic E-state index is 0.460. The van der Waals surface area contributed by atoms with Gasteiger partial charge < -0.3 is 4.42 Å². The number of Topliss-reactive ketones (excluding diaryl/α,β-unsaturated/α-hetero) is 1. The van der Waals surface area contributed by atoms with Crippen molar-refractivity contribution in [2.45, 2.75) is 90.9 Å². The molecule has 0 fully saturated rings. The first-order valence-electron chi connectivity index (χ1n) is 9.97. The smallest absolute Gasteiger partial charge is 0.191 e. The molecule has 0 N–H and O–H groups in total. The number of aryl methyl sites for hydroxylation is 1. The van der Waals surface area contributed by atoms with Gasteiger partial charge in [0.25, 0.3) is 0 Å². The Labute approximate surface area is 153 Å². The summed E-state index contributed by atoms with van der Waals surface area (Å²) in [4.78, 5) is 15.9. The Morgan fingerprint density at radius 1 is 0.960 bits per heavy atom. The quantitative estimate of drug-likeness (QED) is 0.259. The molecule has 1 heterocycles. The van der Waals surface area contributed by atoms with Gasteiger partial charge in [-0.2, -0.15) is 0 Å². The number of hydrogen-bond donors (Lipinski definition) is 0. The van der Waals surface area contributed by atoms with Crippen molar-refractivity contribution >= 4 is 11.9 Å². The van der Waals surface area contributed by atoms with Gasteiger partial charge in [-0.05, 0) is 44.6 Å². The van der Waals surface area contributed by atoms with Crippen LogP contribution in [-0.4, -0.2) is 10.8 Å². The Balaban J connectivity index is 1.88. The Morgan fingerprint density at radius 3 is 2.36 bits per heavy atom. The number of nitrogens with zero attached hydrogens (tertiary/aromatic N) is 1. The van der Waals surface area contributed by atoms with E-state index in [9.17, 15) is 4.79 Å². The first-order chi connectivity index (χ1) is 12.2. The molecule has 3 nitrogen and oxygen atoms in total. The molecule has 0 saturated carbocycles. The third-order valence-corrected chi connectivity index (χ3v) is 4.23. The average Bonchev–Trinajstić information content (AvgIpc) is 3.01. The van der Waals surface area contributed by atoms with Crippen LogP contribution in [0, 0.1) is 6.92 Å². The predicted molar refractivity (Wildman–Crippen MR) is 105 cm³/mol. The number of ketones is 1. The summed E-state index contributed by atoms with van der Waals surface area (Å²) in [6.45, 7) is 4.03. The van der Waals surface area contributed by atoms with Gasteiger partial charge in [0.2, 0.25) is 0 Å². The molecule has 0 amide bonds. The number of rotatable bonds is 15. The summed E-state index contributed by atoms with van der Waals surface area (Å²) < 4.78 is 5.15. The summed E-state index contributed by atoms with van der Waals surface area (Å²) in [6.07, 6.45) is 23.4. The standard InChI is InChI=1S/C22H35NO2/c1-3-4-13-17-22(24)18-15-12-10-8-6-5-7-9-11-14-16-21-19-25-20(2)23-21/h5,7,14,16,19H,3-4,6,8-13,15,17-18H2,1-2H3. The number of unbranched alkanes of at least 4 members (excludes halogenated alkanes) is 7. The van der Waals surface area contributed by atoms with E-state index in [-0.39, 0.29) is 0 Å². The fraction of sp³-hybridized carbons (Fsp3) is 0.636. The van der Waals surface area contributed by atoms with E-state index in [1.54, 1.807) is 6.26 Å². The van der Waals surface area contributed by atoms with Gasteiger partial charge in [0, 0.05) is 19.8 Å². The molecule has 0 aliphatic rings. The topological polar surface area (TPSA) is 43.1 Å². The van der Waals surface area contributed by atoms with Gasteiger partial charge in [0.05, 0.1) is 0 Å². The Morgan fingerprint density at radius 2 is 1.64 bits per heavy atom. The first kappa shape index (κ1) is 21.4. The Kier molecular flexibility index (Phi) is 12.6. The van der Waals surface area contributed by atoms with Gasteiger partial charge in [-0.25, -0.2) is 4.98 Å². The van der Waals surface area contributed by atoms with Gasteiger partial charge in [-0.15, -0.1) is 0 Å². The lowest BCUT2D eigenvalue weighted by Gasteiger charge is -2.01. The largest absolute Gasteiger partial charge is 0.449 e. The van der Waals surface area contributed by atoms with E-state index in [1.165, 1.54) is 32.1 Å². The molecule has 0 saturated heterocycles. The second-order valence-corrected chi connectivity index (χ2v) is 6.69. The van der Waals surface area contributed by atoms with Crippen molar-refractivity contribution in [3.05, 3.63) is 36.1 Å². The fourth-order valence-corrected chi connectivity index (χ4v) is 2.72. The molecule has 0 aliphatic heterocycles. The minimum Gasteiger partial charge on any atom is -0.449 e. The molecule has 1 aromatic rings. The van der Waals surface area contributed by atoms with Crippen molar-refractivity contribution in [1.29, 1.82) is 0 Å². The molecule has 25 heavy (non-hydrogen) atoms. The molecular weight excluding hydrogens is 310 g/mol. The maximum absolute atomic E-state index is 11.6. The lowest BCUT2D eigenvalue weighted by molar-refractivity contribution is -0.119. The summed E-state index contributed by atoms with van der Waals surface area (Å²) in [5, 5.41) is 0. The second-order valence-electron chi connectivity index (χ2n) is 6.69. The highest BCUT2D eigenvalue weighted by Gasteiger charge is 2.00. The van der Waals surface area contributed by atoms with E-state index >= 15 is 0 Å². The molecule has 0 aromatic carbocycles. The molecule has 1 aromatic heterocycles. The Bertz CT molecular complexity index is 514. The number of hydrogen-bond acceptors (Lipinski definition) is 3. The van der Waals surface area contributed by atoms with Gasteiger partial charge in [-0.1, -0.05) is 50.8 Å². The maximum Gasteiger partial charge on any atom is 0.191 e. The maximum atomic E-state index is 11.6. The molecule has 0 spiro atoms. The van der Waals surface area contributed by atoms with Crippen LogP contribution >= 0.6 is 0 Å². The predicted octanol–water partition coefficient (Wildman–Crippen LogP) is 6.82. The van der Waals surface area contributed by atoms with Crippen LogP contribution in [0.25, 0.3) is 6.08 Å². The van der Waals surface area contributed by atoms with Crippen LogP contribution in [0.5, 0.6) is 0 Å². The third kappa shape index (κ3) is 12.4. The van der Waals surface area contributed by atoms with Gasteiger partial charge >= 0.3 is 0 Å². The lowest BCUT2D eigenvalue weighted by Crippen LogP contribution is -1.97. The molecule has 3 heteroatoms. The van der Waals surface area contributed by atoms with E-state index < -0.39 is 0 Å². The van der Waals surface area contributed by atoms with E-state index in [4.69, 9.17) is 4.42 Å². The van der Waals surface area contributed by atoms with Crippen molar-refractivity contribution in [2.75, 3.05) is 0 Å². The van der Waals surface area contributed by atoms with Gasteiger partial charge in [0.15, 0.2) is 5.89 Å². The first-order valence-corrected chi connectivity index (χ1v) is 9.97. The van der Waals surface area contributed by atoms with Crippen LogP contribution in [0.3, 0.4) is 0 Å². The van der Waals surface area contributed by atoms with Crippen molar-refractivity contribution in [3.63, 3.8) is 0 Å². The normalized spacial score (nSPS) is 11.8. The summed E-state index contributed by atoms with van der Waals surface area (Å²) in [6, 6.07) is 0. The number of oxazole rings is 1. The number of aromatic nitrogens is 1. The highest BCUT2D eigenvalue weighted by atomic mass is 16.3.